The fourth-order valence-corrected chi connectivity index (χ4v) is 3.90. The second kappa shape index (κ2) is 10.2. The van der Waals surface area contributed by atoms with E-state index in [0.29, 0.717) is 37.5 Å². The quantitative estimate of drug-likeness (QED) is 0.571. The molecule has 2 aromatic rings. The van der Waals surface area contributed by atoms with Gasteiger partial charge in [-0.1, -0.05) is 0 Å². The predicted molar refractivity (Wildman–Crippen MR) is 107 cm³/mol. The molecular formula is C19H25N5O4S. The summed E-state index contributed by atoms with van der Waals surface area (Å²) in [5.74, 6) is 0.0782. The standard InChI is InChI=1S/C19H25N5O4S/c1-13-12-29-18(21-13)9-16(25)22-23-17(26)11-24-6-4-14(5-7-24)19(27)20-10-15-3-2-8-28-15/h2-3,8,12,14H,4-7,9-11H2,1H3,(H,20,27)(H,22,25)(H,23,26). The zero-order valence-corrected chi connectivity index (χ0v) is 17.1. The molecular weight excluding hydrogens is 394 g/mol. The van der Waals surface area contributed by atoms with Gasteiger partial charge in [-0.05, 0) is 45.0 Å². The van der Waals surface area contributed by atoms with Gasteiger partial charge in [-0.3, -0.25) is 30.1 Å². The van der Waals surface area contributed by atoms with Crippen molar-refractivity contribution in [3.63, 3.8) is 0 Å². The Morgan fingerprint density at radius 1 is 1.24 bits per heavy atom. The zero-order valence-electron chi connectivity index (χ0n) is 16.3. The molecule has 1 aliphatic heterocycles. The van der Waals surface area contributed by atoms with Crippen LogP contribution in [0.15, 0.2) is 28.2 Å². The first-order chi connectivity index (χ1) is 14.0. The van der Waals surface area contributed by atoms with Crippen LogP contribution in [0.4, 0.5) is 0 Å². The van der Waals surface area contributed by atoms with Crippen molar-refractivity contribution in [2.45, 2.75) is 32.7 Å². The number of aromatic nitrogens is 1. The summed E-state index contributed by atoms with van der Waals surface area (Å²) in [5, 5.41) is 5.47. The van der Waals surface area contributed by atoms with E-state index in [-0.39, 0.29) is 36.6 Å². The van der Waals surface area contributed by atoms with Crippen molar-refractivity contribution in [3.05, 3.63) is 40.2 Å². The maximum atomic E-state index is 12.2. The second-order valence-electron chi connectivity index (χ2n) is 7.00. The zero-order chi connectivity index (χ0) is 20.6. The summed E-state index contributed by atoms with van der Waals surface area (Å²) in [6.07, 6.45) is 3.09. The highest BCUT2D eigenvalue weighted by atomic mass is 32.1. The molecule has 0 spiro atoms. The number of amides is 3. The molecule has 156 valence electrons. The summed E-state index contributed by atoms with van der Waals surface area (Å²) in [4.78, 5) is 42.4. The number of aryl methyl sites for hydroxylation is 1. The molecule has 3 heterocycles. The first kappa shape index (κ1) is 21.0. The van der Waals surface area contributed by atoms with E-state index in [1.165, 1.54) is 11.3 Å². The first-order valence-corrected chi connectivity index (χ1v) is 10.4. The minimum atomic E-state index is -0.306. The van der Waals surface area contributed by atoms with E-state index in [9.17, 15) is 14.4 Å². The minimum absolute atomic E-state index is 0.00943. The molecule has 10 heteroatoms. The second-order valence-corrected chi connectivity index (χ2v) is 7.95. The van der Waals surface area contributed by atoms with Gasteiger partial charge in [0.2, 0.25) is 11.8 Å². The third-order valence-corrected chi connectivity index (χ3v) is 5.63. The Kier molecular flexibility index (Phi) is 7.36. The summed E-state index contributed by atoms with van der Waals surface area (Å²) >= 11 is 1.41. The summed E-state index contributed by atoms with van der Waals surface area (Å²) in [6.45, 7) is 3.73. The van der Waals surface area contributed by atoms with Crippen LogP contribution in [0.3, 0.4) is 0 Å². The van der Waals surface area contributed by atoms with E-state index in [1.807, 2.05) is 23.3 Å². The van der Waals surface area contributed by atoms with Gasteiger partial charge < -0.3 is 9.73 Å². The van der Waals surface area contributed by atoms with E-state index < -0.39 is 0 Å². The number of rotatable bonds is 7. The average Bonchev–Trinajstić information content (AvgIpc) is 3.37. The normalized spacial score (nSPS) is 15.1. The van der Waals surface area contributed by atoms with Crippen molar-refractivity contribution in [3.8, 4) is 0 Å². The van der Waals surface area contributed by atoms with Crippen LogP contribution in [0.5, 0.6) is 0 Å². The van der Waals surface area contributed by atoms with Crippen LogP contribution in [0.1, 0.15) is 29.3 Å². The number of hydrogen-bond donors (Lipinski definition) is 3. The molecule has 9 nitrogen and oxygen atoms in total. The molecule has 0 unspecified atom stereocenters. The number of furan rings is 1. The van der Waals surface area contributed by atoms with Gasteiger partial charge in [-0.25, -0.2) is 4.98 Å². The lowest BCUT2D eigenvalue weighted by Gasteiger charge is -2.30. The third kappa shape index (κ3) is 6.68. The number of hydrazine groups is 1. The number of carbonyl (C=O) groups is 3. The number of nitrogens with zero attached hydrogens (tertiary/aromatic N) is 2. The van der Waals surface area contributed by atoms with Crippen LogP contribution in [0.2, 0.25) is 0 Å². The molecule has 1 aliphatic rings. The Morgan fingerprint density at radius 2 is 2.00 bits per heavy atom. The Labute approximate surface area is 172 Å². The smallest absolute Gasteiger partial charge is 0.252 e. The number of hydrogen-bond acceptors (Lipinski definition) is 7. The van der Waals surface area contributed by atoms with Crippen LogP contribution in [0.25, 0.3) is 0 Å². The lowest BCUT2D eigenvalue weighted by Crippen LogP contribution is -2.49. The van der Waals surface area contributed by atoms with Crippen LogP contribution >= 0.6 is 11.3 Å². The minimum Gasteiger partial charge on any atom is -0.467 e. The molecule has 0 aromatic carbocycles. The summed E-state index contributed by atoms with van der Waals surface area (Å²) in [6, 6.07) is 3.60. The highest BCUT2D eigenvalue weighted by Gasteiger charge is 2.26. The molecule has 0 aliphatic carbocycles. The molecule has 2 aromatic heterocycles. The van der Waals surface area contributed by atoms with Gasteiger partial charge in [-0.15, -0.1) is 11.3 Å². The number of carbonyl (C=O) groups excluding carboxylic acids is 3. The molecule has 29 heavy (non-hydrogen) atoms. The molecule has 0 atom stereocenters. The molecule has 0 saturated carbocycles. The van der Waals surface area contributed by atoms with Gasteiger partial charge in [0.15, 0.2) is 0 Å². The van der Waals surface area contributed by atoms with Crippen LogP contribution < -0.4 is 16.2 Å². The molecule has 3 rings (SSSR count). The number of thiazole rings is 1. The van der Waals surface area contributed by atoms with Gasteiger partial charge in [0.1, 0.15) is 10.8 Å². The van der Waals surface area contributed by atoms with Gasteiger partial charge in [0.05, 0.1) is 25.8 Å². The maximum absolute atomic E-state index is 12.2. The highest BCUT2D eigenvalue weighted by molar-refractivity contribution is 7.09. The Morgan fingerprint density at radius 3 is 2.66 bits per heavy atom. The van der Waals surface area contributed by atoms with Crippen molar-refractivity contribution in [1.82, 2.24) is 26.1 Å². The number of nitrogens with one attached hydrogen (secondary N) is 3. The Bertz CT molecular complexity index is 828. The van der Waals surface area contributed by atoms with Crippen molar-refractivity contribution in [2.24, 2.45) is 5.92 Å². The lowest BCUT2D eigenvalue weighted by molar-refractivity contribution is -0.130. The van der Waals surface area contributed by atoms with Gasteiger partial charge in [0.25, 0.3) is 5.91 Å². The van der Waals surface area contributed by atoms with E-state index in [4.69, 9.17) is 4.42 Å². The van der Waals surface area contributed by atoms with Crippen LogP contribution in [-0.2, 0) is 27.3 Å². The van der Waals surface area contributed by atoms with Crippen LogP contribution in [-0.4, -0.2) is 47.2 Å². The fraction of sp³-hybridized carbons (Fsp3) is 0.474. The molecule has 1 fully saturated rings. The molecule has 3 amide bonds. The fourth-order valence-electron chi connectivity index (χ4n) is 3.13. The van der Waals surface area contributed by atoms with Crippen molar-refractivity contribution in [1.29, 1.82) is 0 Å². The molecule has 3 N–H and O–H groups in total. The largest absolute Gasteiger partial charge is 0.467 e. The average molecular weight is 420 g/mol. The topological polar surface area (TPSA) is 117 Å². The lowest BCUT2D eigenvalue weighted by atomic mass is 9.96. The Hall–Kier alpha value is -2.72. The van der Waals surface area contributed by atoms with E-state index >= 15 is 0 Å². The van der Waals surface area contributed by atoms with E-state index in [0.717, 1.165) is 11.5 Å². The maximum Gasteiger partial charge on any atom is 0.252 e. The Balaban J connectivity index is 1.30. The number of likely N-dealkylation sites (tertiary alicyclic amines) is 1. The summed E-state index contributed by atoms with van der Waals surface area (Å²) in [7, 11) is 0. The van der Waals surface area contributed by atoms with E-state index in [2.05, 4.69) is 21.2 Å². The van der Waals surface area contributed by atoms with Gasteiger partial charge in [-0.2, -0.15) is 0 Å². The number of piperidine rings is 1. The predicted octanol–water partition coefficient (Wildman–Crippen LogP) is 0.763. The van der Waals surface area contributed by atoms with Gasteiger partial charge in [0, 0.05) is 17.0 Å². The van der Waals surface area contributed by atoms with Crippen molar-refractivity contribution < 1.29 is 18.8 Å². The first-order valence-electron chi connectivity index (χ1n) is 9.50. The third-order valence-electron chi connectivity index (χ3n) is 4.66. The SMILES string of the molecule is Cc1csc(CC(=O)NNC(=O)CN2CCC(C(=O)NCc3ccco3)CC2)n1. The summed E-state index contributed by atoms with van der Waals surface area (Å²) in [5.41, 5.74) is 5.72. The van der Waals surface area contributed by atoms with Crippen molar-refractivity contribution in [2.75, 3.05) is 19.6 Å². The van der Waals surface area contributed by atoms with Crippen LogP contribution in [0, 0.1) is 12.8 Å². The van der Waals surface area contributed by atoms with Crippen molar-refractivity contribution >= 4 is 29.1 Å². The molecule has 0 radical (unpaired) electrons. The van der Waals surface area contributed by atoms with E-state index in [1.54, 1.807) is 12.3 Å². The highest BCUT2D eigenvalue weighted by Crippen LogP contribution is 2.17. The monoisotopic (exact) mass is 419 g/mol. The summed E-state index contributed by atoms with van der Waals surface area (Å²) < 4.78 is 5.21. The molecule has 0 bridgehead atoms. The molecule has 1 saturated heterocycles. The van der Waals surface area contributed by atoms with Gasteiger partial charge >= 0.3 is 0 Å².